The van der Waals surface area contributed by atoms with Crippen molar-refractivity contribution in [3.8, 4) is 0 Å². The van der Waals surface area contributed by atoms with Gasteiger partial charge in [0.05, 0.1) is 0 Å². The van der Waals surface area contributed by atoms with Gasteiger partial charge in [0.15, 0.2) is 0 Å². The van der Waals surface area contributed by atoms with Crippen molar-refractivity contribution in [2.24, 2.45) is 0 Å². The van der Waals surface area contributed by atoms with Crippen LogP contribution in [0.2, 0.25) is 13.8 Å². The van der Waals surface area contributed by atoms with E-state index in [-0.39, 0.29) is 0 Å². The molecular weight excluding hydrogens is 387 g/mol. The number of unbranched alkanes of at least 4 members (excludes halogenated alkanes) is 11. The zero-order valence-electron chi connectivity index (χ0n) is 16.9. The molecule has 0 aliphatic carbocycles. The quantitative estimate of drug-likeness (QED) is 0.157. The van der Waals surface area contributed by atoms with Gasteiger partial charge in [0, 0.05) is 0 Å². The summed E-state index contributed by atoms with van der Waals surface area (Å²) >= 11 is -2.23. The molecule has 0 amide bonds. The Morgan fingerprint density at radius 3 is 1.35 bits per heavy atom. The zero-order chi connectivity index (χ0) is 17.2. The molecule has 0 aliphatic heterocycles. The number of rotatable bonds is 18. The molecule has 1 nitrogen and oxygen atoms in total. The Balaban J connectivity index is 3.93. The molecule has 2 heteroatoms. The zero-order valence-corrected chi connectivity index (χ0v) is 19.8. The van der Waals surface area contributed by atoms with Crippen LogP contribution in [0.5, 0.6) is 0 Å². The Labute approximate surface area is 152 Å². The molecule has 0 heterocycles. The summed E-state index contributed by atoms with van der Waals surface area (Å²) in [5.41, 5.74) is 0. The molecule has 0 aromatic carbocycles. The van der Waals surface area contributed by atoms with E-state index in [4.69, 9.17) is 3.07 Å². The fraction of sp³-hybridized carbons (Fsp3) is 1.00. The van der Waals surface area contributed by atoms with Crippen LogP contribution in [-0.2, 0) is 3.07 Å². The first kappa shape index (κ1) is 23.8. The molecule has 0 aromatic heterocycles. The predicted molar refractivity (Wildman–Crippen MR) is 109 cm³/mol. The van der Waals surface area contributed by atoms with Gasteiger partial charge in [0.2, 0.25) is 0 Å². The van der Waals surface area contributed by atoms with E-state index in [2.05, 4.69) is 25.7 Å². The Bertz CT molecular complexity index is 214. The summed E-state index contributed by atoms with van der Waals surface area (Å²) < 4.78 is 9.48. The van der Waals surface area contributed by atoms with Crippen LogP contribution < -0.4 is 0 Å². The minimum atomic E-state index is -2.23. The monoisotopic (exact) mass is 434 g/mol. The van der Waals surface area contributed by atoms with Crippen molar-refractivity contribution in [1.29, 1.82) is 0 Å². The first-order valence-electron chi connectivity index (χ1n) is 10.8. The van der Waals surface area contributed by atoms with E-state index < -0.39 is 18.8 Å². The van der Waals surface area contributed by atoms with E-state index in [1.54, 1.807) is 0 Å². The average molecular weight is 433 g/mol. The van der Waals surface area contributed by atoms with Crippen LogP contribution >= 0.6 is 0 Å². The maximum absolute atomic E-state index is 6.54. The average Bonchev–Trinajstić information content (AvgIpc) is 2.54. The van der Waals surface area contributed by atoms with Crippen LogP contribution in [0, 0.1) is 0 Å². The summed E-state index contributed by atoms with van der Waals surface area (Å²) in [6.07, 6.45) is 19.6. The van der Waals surface area contributed by atoms with Crippen LogP contribution in [-0.4, -0.2) is 25.4 Å². The second kappa shape index (κ2) is 17.6. The number of hydrogen-bond acceptors (Lipinski definition) is 1. The SMILES string of the molecule is CCCCCCC[CH2][Sn]([CH3])([CH2]CCCCCCC)[O]CCCC. The van der Waals surface area contributed by atoms with E-state index >= 15 is 0 Å². The van der Waals surface area contributed by atoms with E-state index in [1.165, 1.54) is 98.8 Å². The van der Waals surface area contributed by atoms with Crippen LogP contribution in [0.3, 0.4) is 0 Å². The Morgan fingerprint density at radius 2 is 0.913 bits per heavy atom. The van der Waals surface area contributed by atoms with Gasteiger partial charge in [0.25, 0.3) is 0 Å². The molecule has 0 bridgehead atoms. The van der Waals surface area contributed by atoms with Gasteiger partial charge in [-0.2, -0.15) is 0 Å². The summed E-state index contributed by atoms with van der Waals surface area (Å²) in [7, 11) is 0. The molecule has 0 saturated carbocycles. The van der Waals surface area contributed by atoms with Crippen molar-refractivity contribution in [1.82, 2.24) is 0 Å². The first-order valence-corrected chi connectivity index (χ1v) is 18.9. The van der Waals surface area contributed by atoms with Crippen molar-refractivity contribution in [2.45, 2.75) is 124 Å². The topological polar surface area (TPSA) is 9.23 Å². The molecule has 0 radical (unpaired) electrons. The molecule has 0 spiro atoms. The van der Waals surface area contributed by atoms with Crippen molar-refractivity contribution >= 4 is 18.8 Å². The van der Waals surface area contributed by atoms with Gasteiger partial charge in [-0.1, -0.05) is 0 Å². The standard InChI is InChI=1S/2C8H17.C4H9O.CH3.Sn/c2*1-3-5-7-8-6-4-2;1-2-3-4-5;;/h2*1,3-8H2,2H3;2-4H2,1H3;1H3;/q;;-1;;+1. The molecule has 0 saturated heterocycles. The molecule has 0 aromatic rings. The summed E-state index contributed by atoms with van der Waals surface area (Å²) in [5.74, 6) is 0. The van der Waals surface area contributed by atoms with Gasteiger partial charge in [-0.05, 0) is 0 Å². The van der Waals surface area contributed by atoms with Gasteiger partial charge in [-0.25, -0.2) is 0 Å². The Hall–Kier alpha value is 0.759. The normalized spacial score (nSPS) is 12.0. The summed E-state index contributed by atoms with van der Waals surface area (Å²) in [6, 6.07) is 0. The molecule has 0 rings (SSSR count). The maximum atomic E-state index is 6.54. The first-order chi connectivity index (χ1) is 11.2. The third kappa shape index (κ3) is 16.0. The summed E-state index contributed by atoms with van der Waals surface area (Å²) in [4.78, 5) is 2.59. The van der Waals surface area contributed by atoms with E-state index in [1.807, 2.05) is 0 Å². The van der Waals surface area contributed by atoms with Gasteiger partial charge in [-0.3, -0.25) is 0 Å². The second-order valence-corrected chi connectivity index (χ2v) is 19.6. The van der Waals surface area contributed by atoms with Crippen LogP contribution in [0.25, 0.3) is 0 Å². The third-order valence-electron chi connectivity index (χ3n) is 5.07. The van der Waals surface area contributed by atoms with Crippen molar-refractivity contribution < 1.29 is 3.07 Å². The van der Waals surface area contributed by atoms with Gasteiger partial charge < -0.3 is 0 Å². The van der Waals surface area contributed by atoms with Crippen molar-refractivity contribution in [3.63, 3.8) is 0 Å². The molecule has 140 valence electrons. The molecule has 0 atom stereocenters. The van der Waals surface area contributed by atoms with Gasteiger partial charge in [-0.15, -0.1) is 0 Å². The number of hydrogen-bond donors (Lipinski definition) is 0. The van der Waals surface area contributed by atoms with Gasteiger partial charge in [0.1, 0.15) is 0 Å². The molecular formula is C21H46OSn. The fourth-order valence-corrected chi connectivity index (χ4v) is 12.3. The van der Waals surface area contributed by atoms with Crippen LogP contribution in [0.4, 0.5) is 0 Å². The third-order valence-corrected chi connectivity index (χ3v) is 15.7. The molecule has 0 N–H and O–H groups in total. The van der Waals surface area contributed by atoms with Crippen molar-refractivity contribution in [3.05, 3.63) is 0 Å². The van der Waals surface area contributed by atoms with Crippen LogP contribution in [0.15, 0.2) is 0 Å². The fourth-order valence-electron chi connectivity index (χ4n) is 3.29. The predicted octanol–water partition coefficient (Wildman–Crippen LogP) is 8.10. The van der Waals surface area contributed by atoms with E-state index in [0.717, 1.165) is 6.61 Å². The summed E-state index contributed by atoms with van der Waals surface area (Å²) in [6.45, 7) is 7.93. The molecule has 0 fully saturated rings. The molecule has 0 unspecified atom stereocenters. The minimum absolute atomic E-state index is 1.05. The molecule has 23 heavy (non-hydrogen) atoms. The van der Waals surface area contributed by atoms with Gasteiger partial charge >= 0.3 is 153 Å². The van der Waals surface area contributed by atoms with E-state index in [9.17, 15) is 0 Å². The Kier molecular flexibility index (Phi) is 18.2. The van der Waals surface area contributed by atoms with Crippen LogP contribution in [0.1, 0.15) is 111 Å². The second-order valence-electron chi connectivity index (χ2n) is 7.69. The molecule has 0 aliphatic rings. The summed E-state index contributed by atoms with van der Waals surface area (Å²) in [5, 5.41) is 0. The Morgan fingerprint density at radius 1 is 0.522 bits per heavy atom. The van der Waals surface area contributed by atoms with Crippen molar-refractivity contribution in [2.75, 3.05) is 6.61 Å². The van der Waals surface area contributed by atoms with E-state index in [0.29, 0.717) is 0 Å².